The fourth-order valence-electron chi connectivity index (χ4n) is 3.80. The van der Waals surface area contributed by atoms with Gasteiger partial charge in [0.1, 0.15) is 6.10 Å². The van der Waals surface area contributed by atoms with E-state index in [1.165, 1.54) is 0 Å². The molecule has 0 radical (unpaired) electrons. The van der Waals surface area contributed by atoms with E-state index < -0.39 is 0 Å². The van der Waals surface area contributed by atoms with Crippen LogP contribution in [0, 0.1) is 17.3 Å². The minimum atomic E-state index is -0.206. The van der Waals surface area contributed by atoms with Gasteiger partial charge in [0, 0.05) is 16.9 Å². The Morgan fingerprint density at radius 2 is 2.11 bits per heavy atom. The summed E-state index contributed by atoms with van der Waals surface area (Å²) in [6.45, 7) is 5.91. The molecule has 102 valence electrons. The van der Waals surface area contributed by atoms with E-state index in [1.54, 1.807) is 0 Å². The lowest BCUT2D eigenvalue weighted by atomic mass is 9.62. The molecule has 0 aromatic heterocycles. The molecular weight excluding hydrogens is 308 g/mol. The molecule has 2 aliphatic carbocycles. The van der Waals surface area contributed by atoms with Gasteiger partial charge in [-0.1, -0.05) is 19.9 Å². The van der Waals surface area contributed by atoms with Gasteiger partial charge in [0.15, 0.2) is 5.78 Å². The van der Waals surface area contributed by atoms with Gasteiger partial charge in [0.05, 0.1) is 10.4 Å². The first-order chi connectivity index (χ1) is 8.85. The molecule has 0 bridgehead atoms. The van der Waals surface area contributed by atoms with Crippen LogP contribution < -0.4 is 0 Å². The molecule has 1 saturated heterocycles. The molecule has 19 heavy (non-hydrogen) atoms. The average molecular weight is 325 g/mol. The summed E-state index contributed by atoms with van der Waals surface area (Å²) in [7, 11) is 0. The number of allylic oxidation sites excluding steroid dienone is 3. The second-order valence-corrected chi connectivity index (χ2v) is 6.98. The van der Waals surface area contributed by atoms with Crippen molar-refractivity contribution in [1.29, 1.82) is 0 Å². The minimum absolute atomic E-state index is 0.0173. The molecule has 0 spiro atoms. The zero-order valence-corrected chi connectivity index (χ0v) is 12.9. The van der Waals surface area contributed by atoms with Crippen molar-refractivity contribution >= 4 is 27.7 Å². The second kappa shape index (κ2) is 4.05. The highest BCUT2D eigenvalue weighted by Crippen LogP contribution is 2.54. The Kier molecular flexibility index (Phi) is 2.79. The lowest BCUT2D eigenvalue weighted by Crippen LogP contribution is -2.40. The van der Waals surface area contributed by atoms with Crippen LogP contribution in [0.25, 0.3) is 0 Å². The third-order valence-electron chi connectivity index (χ3n) is 4.95. The monoisotopic (exact) mass is 324 g/mol. The van der Waals surface area contributed by atoms with Gasteiger partial charge < -0.3 is 4.74 Å². The number of hydrogen-bond acceptors (Lipinski definition) is 3. The highest BCUT2D eigenvalue weighted by atomic mass is 79.9. The summed E-state index contributed by atoms with van der Waals surface area (Å²) in [6.07, 6.45) is 3.71. The van der Waals surface area contributed by atoms with E-state index >= 15 is 0 Å². The predicted molar refractivity (Wildman–Crippen MR) is 74.6 cm³/mol. The van der Waals surface area contributed by atoms with Crippen molar-refractivity contribution in [3.63, 3.8) is 0 Å². The molecule has 1 heterocycles. The number of esters is 1. The van der Waals surface area contributed by atoms with Gasteiger partial charge in [-0.2, -0.15) is 0 Å². The summed E-state index contributed by atoms with van der Waals surface area (Å²) < 4.78 is 6.20. The van der Waals surface area contributed by atoms with Gasteiger partial charge in [-0.25, -0.2) is 0 Å². The van der Waals surface area contributed by atoms with Crippen LogP contribution in [0.2, 0.25) is 0 Å². The quantitative estimate of drug-likeness (QED) is 0.643. The Bertz CT molecular complexity index is 546. The molecule has 1 saturated carbocycles. The standard InChI is InChI=1S/C15H17BrO3/c1-7-9-4-5-15(3)6-10(16)12(17)8(2)11(15)13(9)19-14(7)18/h6-7,9,13H,4-5H2,1-3H3/t7-,9+,13-,15-/m1/s1. The fourth-order valence-corrected chi connectivity index (χ4v) is 4.60. The molecule has 3 aliphatic rings. The first-order valence-corrected chi connectivity index (χ1v) is 7.49. The van der Waals surface area contributed by atoms with Crippen molar-refractivity contribution in [1.82, 2.24) is 0 Å². The van der Waals surface area contributed by atoms with Crippen molar-refractivity contribution in [3.05, 3.63) is 21.7 Å². The summed E-state index contributed by atoms with van der Waals surface area (Å²) in [6, 6.07) is 0. The maximum absolute atomic E-state index is 12.2. The predicted octanol–water partition coefficient (Wildman–Crippen LogP) is 3.14. The van der Waals surface area contributed by atoms with Gasteiger partial charge >= 0.3 is 5.97 Å². The van der Waals surface area contributed by atoms with Crippen LogP contribution in [-0.2, 0) is 14.3 Å². The van der Waals surface area contributed by atoms with Gasteiger partial charge in [-0.05, 0) is 41.3 Å². The molecule has 1 aliphatic heterocycles. The van der Waals surface area contributed by atoms with Crippen LogP contribution in [0.5, 0.6) is 0 Å². The van der Waals surface area contributed by atoms with E-state index in [2.05, 4.69) is 22.9 Å². The lowest BCUT2D eigenvalue weighted by Gasteiger charge is -2.43. The zero-order valence-electron chi connectivity index (χ0n) is 11.3. The molecule has 0 N–H and O–H groups in total. The number of hydrogen-bond donors (Lipinski definition) is 0. The Balaban J connectivity index is 2.12. The van der Waals surface area contributed by atoms with Crippen LogP contribution in [0.15, 0.2) is 21.7 Å². The first-order valence-electron chi connectivity index (χ1n) is 6.70. The highest BCUT2D eigenvalue weighted by Gasteiger charge is 2.53. The van der Waals surface area contributed by atoms with Crippen molar-refractivity contribution < 1.29 is 14.3 Å². The fraction of sp³-hybridized carbons (Fsp3) is 0.600. The minimum Gasteiger partial charge on any atom is -0.457 e. The van der Waals surface area contributed by atoms with Gasteiger partial charge in [0.25, 0.3) is 0 Å². The number of ketones is 1. The number of fused-ring (bicyclic) bond motifs is 3. The molecule has 4 heteroatoms. The molecule has 3 nitrogen and oxygen atoms in total. The summed E-state index contributed by atoms with van der Waals surface area (Å²) >= 11 is 3.36. The molecule has 0 unspecified atom stereocenters. The Morgan fingerprint density at radius 1 is 1.42 bits per heavy atom. The molecule has 0 amide bonds. The SMILES string of the molecule is CC1=C2[C@@H]3OC(=O)[C@H](C)[C@@H]3CC[C@]2(C)C=C(Br)C1=O. The second-order valence-electron chi connectivity index (χ2n) is 6.13. The number of ether oxygens (including phenoxy) is 1. The molecule has 0 aromatic carbocycles. The third-order valence-corrected chi connectivity index (χ3v) is 5.54. The number of carbonyl (C=O) groups excluding carboxylic acids is 2. The molecule has 0 aromatic rings. The molecular formula is C15H17BrO3. The van der Waals surface area contributed by atoms with Crippen molar-refractivity contribution in [2.75, 3.05) is 0 Å². The number of Topliss-reactive ketones (excluding diaryl/α,β-unsaturated/α-hetero) is 1. The molecule has 3 rings (SSSR count). The first kappa shape index (κ1) is 13.1. The normalized spacial score (nSPS) is 41.7. The van der Waals surface area contributed by atoms with Crippen LogP contribution >= 0.6 is 15.9 Å². The maximum atomic E-state index is 12.2. The smallest absolute Gasteiger partial charge is 0.309 e. The van der Waals surface area contributed by atoms with E-state index in [4.69, 9.17) is 4.74 Å². The lowest BCUT2D eigenvalue weighted by molar-refractivity contribution is -0.143. The van der Waals surface area contributed by atoms with Crippen LogP contribution in [0.4, 0.5) is 0 Å². The van der Waals surface area contributed by atoms with E-state index in [0.29, 0.717) is 4.48 Å². The number of carbonyl (C=O) groups is 2. The average Bonchev–Trinajstić information content (AvgIpc) is 2.61. The van der Waals surface area contributed by atoms with E-state index in [-0.39, 0.29) is 35.1 Å². The highest BCUT2D eigenvalue weighted by molar-refractivity contribution is 9.12. The van der Waals surface area contributed by atoms with Crippen LogP contribution in [0.1, 0.15) is 33.6 Å². The van der Waals surface area contributed by atoms with E-state index in [9.17, 15) is 9.59 Å². The molecule has 2 fully saturated rings. The van der Waals surface area contributed by atoms with Crippen LogP contribution in [-0.4, -0.2) is 17.9 Å². The Labute approximate surface area is 121 Å². The zero-order chi connectivity index (χ0) is 13.9. The largest absolute Gasteiger partial charge is 0.457 e. The Hall–Kier alpha value is -0.900. The Morgan fingerprint density at radius 3 is 2.79 bits per heavy atom. The van der Waals surface area contributed by atoms with E-state index in [1.807, 2.05) is 19.9 Å². The molecule has 4 atom stereocenters. The van der Waals surface area contributed by atoms with E-state index in [0.717, 1.165) is 24.0 Å². The van der Waals surface area contributed by atoms with Gasteiger partial charge in [-0.15, -0.1) is 0 Å². The van der Waals surface area contributed by atoms with Crippen molar-refractivity contribution in [2.24, 2.45) is 17.3 Å². The number of rotatable bonds is 0. The van der Waals surface area contributed by atoms with Crippen molar-refractivity contribution in [2.45, 2.75) is 39.7 Å². The summed E-state index contributed by atoms with van der Waals surface area (Å²) in [4.78, 5) is 24.0. The number of halogens is 1. The topological polar surface area (TPSA) is 43.4 Å². The van der Waals surface area contributed by atoms with Gasteiger partial charge in [0.2, 0.25) is 0 Å². The van der Waals surface area contributed by atoms with Crippen LogP contribution in [0.3, 0.4) is 0 Å². The van der Waals surface area contributed by atoms with Gasteiger partial charge in [-0.3, -0.25) is 9.59 Å². The maximum Gasteiger partial charge on any atom is 0.309 e. The third kappa shape index (κ3) is 1.69. The summed E-state index contributed by atoms with van der Waals surface area (Å²) in [5.41, 5.74) is 1.60. The summed E-state index contributed by atoms with van der Waals surface area (Å²) in [5.74, 6) is 0.0623. The summed E-state index contributed by atoms with van der Waals surface area (Å²) in [5, 5.41) is 0. The van der Waals surface area contributed by atoms with Crippen molar-refractivity contribution in [3.8, 4) is 0 Å².